The van der Waals surface area contributed by atoms with Crippen LogP contribution >= 0.6 is 0 Å². The average Bonchev–Trinajstić information content (AvgIpc) is 2.19. The number of carbonyl (C=O) groups excluding carboxylic acids is 1. The van der Waals surface area contributed by atoms with E-state index in [-0.39, 0.29) is 12.1 Å². The smallest absolute Gasteiger partial charge is 0.416 e. The zero-order valence-corrected chi connectivity index (χ0v) is 8.47. The van der Waals surface area contributed by atoms with E-state index in [9.17, 15) is 18.0 Å². The van der Waals surface area contributed by atoms with Crippen molar-refractivity contribution >= 4 is 11.7 Å². The van der Waals surface area contributed by atoms with Crippen molar-refractivity contribution < 1.29 is 22.7 Å². The summed E-state index contributed by atoms with van der Waals surface area (Å²) in [5, 5.41) is 0. The average molecular weight is 233 g/mol. The maximum absolute atomic E-state index is 12.3. The van der Waals surface area contributed by atoms with Gasteiger partial charge in [0.25, 0.3) is 0 Å². The molecule has 0 fully saturated rings. The Kier molecular flexibility index (Phi) is 3.41. The third kappa shape index (κ3) is 2.88. The molecule has 88 valence electrons. The summed E-state index contributed by atoms with van der Waals surface area (Å²) in [6, 6.07) is 2.86. The Labute approximate surface area is 90.0 Å². The van der Waals surface area contributed by atoms with E-state index in [4.69, 9.17) is 5.73 Å². The number of carbonyl (C=O) groups is 1. The molecule has 0 aliphatic carbocycles. The summed E-state index contributed by atoms with van der Waals surface area (Å²) in [5.74, 6) is -0.550. The van der Waals surface area contributed by atoms with Gasteiger partial charge in [0.2, 0.25) is 0 Å². The molecule has 16 heavy (non-hydrogen) atoms. The molecule has 1 aromatic carbocycles. The highest BCUT2D eigenvalue weighted by Crippen LogP contribution is 2.31. The van der Waals surface area contributed by atoms with Crippen LogP contribution in [0.15, 0.2) is 18.2 Å². The zero-order chi connectivity index (χ0) is 12.3. The van der Waals surface area contributed by atoms with Gasteiger partial charge in [-0.3, -0.25) is 4.79 Å². The van der Waals surface area contributed by atoms with Crippen LogP contribution in [0.25, 0.3) is 0 Å². The van der Waals surface area contributed by atoms with E-state index in [1.807, 2.05) is 0 Å². The third-order valence-electron chi connectivity index (χ3n) is 2.04. The van der Waals surface area contributed by atoms with Gasteiger partial charge in [0, 0.05) is 5.69 Å². The maximum atomic E-state index is 12.3. The van der Waals surface area contributed by atoms with Crippen molar-refractivity contribution in [2.45, 2.75) is 12.6 Å². The predicted molar refractivity (Wildman–Crippen MR) is 51.6 cm³/mol. The molecular weight excluding hydrogens is 223 g/mol. The van der Waals surface area contributed by atoms with Gasteiger partial charge < -0.3 is 10.5 Å². The molecule has 2 N–H and O–H groups in total. The highest BCUT2D eigenvalue weighted by Gasteiger charge is 2.30. The van der Waals surface area contributed by atoms with E-state index in [1.54, 1.807) is 0 Å². The van der Waals surface area contributed by atoms with Crippen molar-refractivity contribution in [3.05, 3.63) is 29.3 Å². The fraction of sp³-hybridized carbons (Fsp3) is 0.300. The Hall–Kier alpha value is -1.72. The Bertz CT molecular complexity index is 402. The highest BCUT2D eigenvalue weighted by atomic mass is 19.4. The Balaban J connectivity index is 2.96. The molecule has 0 aromatic heterocycles. The molecule has 0 unspecified atom stereocenters. The number of nitrogens with two attached hydrogens (primary N) is 1. The molecule has 1 rings (SSSR count). The zero-order valence-electron chi connectivity index (χ0n) is 8.47. The molecule has 0 spiro atoms. The Morgan fingerprint density at radius 3 is 2.50 bits per heavy atom. The summed E-state index contributed by atoms with van der Waals surface area (Å²) < 4.78 is 41.2. The molecule has 0 heterocycles. The van der Waals surface area contributed by atoms with Crippen molar-refractivity contribution in [2.24, 2.45) is 0 Å². The normalized spacial score (nSPS) is 11.2. The van der Waals surface area contributed by atoms with Gasteiger partial charge in [-0.05, 0) is 17.7 Å². The number of ether oxygens (including phenoxy) is 1. The predicted octanol–water partition coefficient (Wildman–Crippen LogP) is 2.00. The largest absolute Gasteiger partial charge is 0.469 e. The summed E-state index contributed by atoms with van der Waals surface area (Å²) in [6.07, 6.45) is -4.57. The molecule has 0 radical (unpaired) electrons. The van der Waals surface area contributed by atoms with Crippen molar-refractivity contribution in [1.82, 2.24) is 0 Å². The number of rotatable bonds is 2. The first kappa shape index (κ1) is 12.4. The number of halogens is 3. The first-order valence-corrected chi connectivity index (χ1v) is 4.37. The topological polar surface area (TPSA) is 52.3 Å². The Morgan fingerprint density at radius 2 is 2.06 bits per heavy atom. The second-order valence-electron chi connectivity index (χ2n) is 3.16. The molecule has 0 atom stereocenters. The third-order valence-corrected chi connectivity index (χ3v) is 2.04. The molecule has 6 heteroatoms. The second-order valence-corrected chi connectivity index (χ2v) is 3.16. The van der Waals surface area contributed by atoms with Crippen molar-refractivity contribution in [2.75, 3.05) is 12.8 Å². The van der Waals surface area contributed by atoms with Crippen LogP contribution < -0.4 is 5.73 Å². The number of alkyl halides is 3. The SMILES string of the molecule is COC(=O)Cc1ccc(C(F)(F)F)cc1N. The summed E-state index contributed by atoms with van der Waals surface area (Å²) in [6.45, 7) is 0. The molecule has 0 saturated heterocycles. The van der Waals surface area contributed by atoms with Crippen molar-refractivity contribution in [1.29, 1.82) is 0 Å². The number of esters is 1. The van der Waals surface area contributed by atoms with Gasteiger partial charge in [0.05, 0.1) is 19.1 Å². The van der Waals surface area contributed by atoms with E-state index >= 15 is 0 Å². The number of methoxy groups -OCH3 is 1. The van der Waals surface area contributed by atoms with E-state index in [1.165, 1.54) is 13.2 Å². The van der Waals surface area contributed by atoms with Crippen LogP contribution in [0.5, 0.6) is 0 Å². The number of benzene rings is 1. The van der Waals surface area contributed by atoms with Crippen LogP contribution in [0.2, 0.25) is 0 Å². The number of nitrogen functional groups attached to an aromatic ring is 1. The Morgan fingerprint density at radius 1 is 1.44 bits per heavy atom. The molecule has 1 aromatic rings. The summed E-state index contributed by atoms with van der Waals surface area (Å²) >= 11 is 0. The van der Waals surface area contributed by atoms with Gasteiger partial charge in [0.1, 0.15) is 0 Å². The molecular formula is C10H10F3NO2. The molecule has 0 aliphatic heterocycles. The van der Waals surface area contributed by atoms with Gasteiger partial charge in [-0.2, -0.15) is 13.2 Å². The molecule has 0 amide bonds. The lowest BCUT2D eigenvalue weighted by Gasteiger charge is -2.10. The lowest BCUT2D eigenvalue weighted by atomic mass is 10.1. The number of anilines is 1. The van der Waals surface area contributed by atoms with Crippen LogP contribution in [-0.4, -0.2) is 13.1 Å². The fourth-order valence-electron chi connectivity index (χ4n) is 1.16. The van der Waals surface area contributed by atoms with Crippen molar-refractivity contribution in [3.63, 3.8) is 0 Å². The van der Waals surface area contributed by atoms with Crippen LogP contribution in [0.4, 0.5) is 18.9 Å². The van der Waals surface area contributed by atoms with Gasteiger partial charge in [-0.15, -0.1) is 0 Å². The number of hydrogen-bond acceptors (Lipinski definition) is 3. The molecule has 0 bridgehead atoms. The standard InChI is InChI=1S/C10H10F3NO2/c1-16-9(15)4-6-2-3-7(5-8(6)14)10(11,12)13/h2-3,5H,4,14H2,1H3. The van der Waals surface area contributed by atoms with Crippen LogP contribution in [0.1, 0.15) is 11.1 Å². The lowest BCUT2D eigenvalue weighted by Crippen LogP contribution is -2.10. The fourth-order valence-corrected chi connectivity index (χ4v) is 1.16. The molecule has 3 nitrogen and oxygen atoms in total. The van der Waals surface area contributed by atoms with E-state index in [2.05, 4.69) is 4.74 Å². The lowest BCUT2D eigenvalue weighted by molar-refractivity contribution is -0.139. The van der Waals surface area contributed by atoms with Crippen molar-refractivity contribution in [3.8, 4) is 0 Å². The quantitative estimate of drug-likeness (QED) is 0.627. The van der Waals surface area contributed by atoms with E-state index in [0.29, 0.717) is 5.56 Å². The summed E-state index contributed by atoms with van der Waals surface area (Å²) in [5.41, 5.74) is 4.83. The van der Waals surface area contributed by atoms with E-state index < -0.39 is 17.7 Å². The molecule has 0 saturated carbocycles. The maximum Gasteiger partial charge on any atom is 0.416 e. The van der Waals surface area contributed by atoms with E-state index in [0.717, 1.165) is 12.1 Å². The summed E-state index contributed by atoms with van der Waals surface area (Å²) in [7, 11) is 1.20. The monoisotopic (exact) mass is 233 g/mol. The van der Waals surface area contributed by atoms with Gasteiger partial charge in [-0.1, -0.05) is 6.07 Å². The minimum atomic E-state index is -4.43. The first-order valence-electron chi connectivity index (χ1n) is 4.37. The second kappa shape index (κ2) is 4.42. The van der Waals surface area contributed by atoms with Crippen LogP contribution in [0.3, 0.4) is 0 Å². The van der Waals surface area contributed by atoms with Gasteiger partial charge in [0.15, 0.2) is 0 Å². The first-order chi connectivity index (χ1) is 7.34. The van der Waals surface area contributed by atoms with Crippen LogP contribution in [-0.2, 0) is 22.1 Å². The van der Waals surface area contributed by atoms with Gasteiger partial charge >= 0.3 is 12.1 Å². The highest BCUT2D eigenvalue weighted by molar-refractivity contribution is 5.74. The number of hydrogen-bond donors (Lipinski definition) is 1. The summed E-state index contributed by atoms with van der Waals surface area (Å²) in [4.78, 5) is 10.9. The molecule has 0 aliphatic rings. The van der Waals surface area contributed by atoms with Gasteiger partial charge in [-0.25, -0.2) is 0 Å². The minimum absolute atomic E-state index is 0.0692. The minimum Gasteiger partial charge on any atom is -0.469 e. The van der Waals surface area contributed by atoms with Crippen LogP contribution in [0, 0.1) is 0 Å².